The van der Waals surface area contributed by atoms with Gasteiger partial charge in [0.25, 0.3) is 0 Å². The van der Waals surface area contributed by atoms with Crippen LogP contribution in [0.1, 0.15) is 31.6 Å². The summed E-state index contributed by atoms with van der Waals surface area (Å²) in [7, 11) is -3.22. The van der Waals surface area contributed by atoms with E-state index in [9.17, 15) is 12.8 Å². The van der Waals surface area contributed by atoms with Crippen molar-refractivity contribution in [3.63, 3.8) is 0 Å². The molecule has 0 saturated carbocycles. The van der Waals surface area contributed by atoms with Crippen LogP contribution in [0.15, 0.2) is 30.6 Å². The van der Waals surface area contributed by atoms with Gasteiger partial charge in [0, 0.05) is 13.1 Å². The maximum Gasteiger partial charge on any atom is 0.312 e. The Balaban J connectivity index is 1.42. The summed E-state index contributed by atoms with van der Waals surface area (Å²) >= 11 is 0. The van der Waals surface area contributed by atoms with E-state index in [2.05, 4.69) is 35.2 Å². The molecule has 0 spiro atoms. The predicted molar refractivity (Wildman–Crippen MR) is 123 cm³/mol. The van der Waals surface area contributed by atoms with E-state index in [1.54, 1.807) is 0 Å². The molecular formula is C21H23FN8O3S. The minimum absolute atomic E-state index is 0.173. The molecule has 1 aliphatic rings. The first-order chi connectivity index (χ1) is 16.3. The molecule has 3 aromatic heterocycles. The van der Waals surface area contributed by atoms with Gasteiger partial charge in [-0.3, -0.25) is 0 Å². The van der Waals surface area contributed by atoms with E-state index in [-0.39, 0.29) is 17.6 Å². The van der Waals surface area contributed by atoms with E-state index in [0.717, 1.165) is 5.39 Å². The molecule has 4 aromatic rings. The summed E-state index contributed by atoms with van der Waals surface area (Å²) in [4.78, 5) is 23.7. The third-order valence-corrected chi connectivity index (χ3v) is 7.04. The monoisotopic (exact) mass is 486 g/mol. The lowest BCUT2D eigenvalue weighted by Crippen LogP contribution is -2.41. The molecule has 34 heavy (non-hydrogen) atoms. The zero-order chi connectivity index (χ0) is 23.9. The van der Waals surface area contributed by atoms with Gasteiger partial charge < -0.3 is 15.0 Å². The Hall–Kier alpha value is -3.45. The molecule has 0 aliphatic carbocycles. The highest BCUT2D eigenvalue weighted by molar-refractivity contribution is 7.88. The molecule has 0 radical (unpaired) electrons. The lowest BCUT2D eigenvalue weighted by Gasteiger charge is -2.30. The number of aromatic amines is 1. The van der Waals surface area contributed by atoms with E-state index in [1.165, 1.54) is 16.9 Å². The van der Waals surface area contributed by atoms with Gasteiger partial charge in [-0.25, -0.2) is 22.7 Å². The number of rotatable bonds is 6. The number of halogens is 1. The first kappa shape index (κ1) is 22.3. The number of benzene rings is 1. The smallest absolute Gasteiger partial charge is 0.312 e. The third kappa shape index (κ3) is 4.48. The van der Waals surface area contributed by atoms with Crippen molar-refractivity contribution in [1.29, 1.82) is 0 Å². The Morgan fingerprint density at radius 3 is 2.71 bits per heavy atom. The number of hydrogen-bond acceptors (Lipinski definition) is 9. The van der Waals surface area contributed by atoms with Crippen LogP contribution >= 0.6 is 0 Å². The van der Waals surface area contributed by atoms with Gasteiger partial charge in [0.2, 0.25) is 15.9 Å². The lowest BCUT2D eigenvalue weighted by atomic mass is 10.1. The van der Waals surface area contributed by atoms with Crippen molar-refractivity contribution >= 4 is 37.9 Å². The van der Waals surface area contributed by atoms with Gasteiger partial charge in [-0.05, 0) is 31.9 Å². The molecule has 0 amide bonds. The standard InChI is InChI=1S/C21H23FN8O3S/c1-12(25-19-16-18(24-11-23-16)28-21(22)29-19)17-26-15-6-4-3-5-14(15)20(27-17)33-13-7-9-30(10-8-13)34(2,31)32/h3-6,11-13H,7-10H2,1-2H3,(H2,23,24,25,28,29)/t12-/m0/s1. The normalized spacial score (nSPS) is 16.7. The Kier molecular flexibility index (Phi) is 5.73. The van der Waals surface area contributed by atoms with Gasteiger partial charge in [0.15, 0.2) is 17.3 Å². The molecule has 1 aromatic carbocycles. The van der Waals surface area contributed by atoms with Crippen molar-refractivity contribution in [1.82, 2.24) is 34.2 Å². The summed E-state index contributed by atoms with van der Waals surface area (Å²) < 4.78 is 45.2. The van der Waals surface area contributed by atoms with Crippen LogP contribution in [0.25, 0.3) is 22.1 Å². The van der Waals surface area contributed by atoms with E-state index in [1.807, 2.05) is 31.2 Å². The number of para-hydroxylation sites is 1. The van der Waals surface area contributed by atoms with Gasteiger partial charge in [0.05, 0.1) is 29.5 Å². The zero-order valence-electron chi connectivity index (χ0n) is 18.6. The molecule has 1 fully saturated rings. The molecule has 0 unspecified atom stereocenters. The average Bonchev–Trinajstić information content (AvgIpc) is 3.27. The van der Waals surface area contributed by atoms with E-state index in [0.29, 0.717) is 48.7 Å². The van der Waals surface area contributed by atoms with Crippen LogP contribution in [0.4, 0.5) is 10.2 Å². The van der Waals surface area contributed by atoms with E-state index >= 15 is 0 Å². The topological polar surface area (TPSA) is 139 Å². The second kappa shape index (κ2) is 8.72. The SMILES string of the molecule is C[C@H](Nc1nc(F)nc2nc[nH]c12)c1nc(OC2CCN(S(C)(=O)=O)CC2)c2ccccc2n1. The maximum absolute atomic E-state index is 13.9. The highest BCUT2D eigenvalue weighted by Crippen LogP contribution is 2.29. The Bertz CT molecular complexity index is 1450. The minimum Gasteiger partial charge on any atom is -0.474 e. The summed E-state index contributed by atoms with van der Waals surface area (Å²) in [6, 6.07) is 7.06. The number of hydrogen-bond donors (Lipinski definition) is 2. The molecule has 5 rings (SSSR count). The summed E-state index contributed by atoms with van der Waals surface area (Å²) in [6.45, 7) is 2.63. The van der Waals surface area contributed by atoms with Crippen molar-refractivity contribution < 1.29 is 17.5 Å². The van der Waals surface area contributed by atoms with Gasteiger partial charge in [-0.15, -0.1) is 0 Å². The minimum atomic E-state index is -3.22. The molecule has 2 N–H and O–H groups in total. The molecule has 1 atom stereocenters. The highest BCUT2D eigenvalue weighted by atomic mass is 32.2. The van der Waals surface area contributed by atoms with Crippen LogP contribution in [-0.4, -0.2) is 68.1 Å². The molecule has 4 heterocycles. The molecule has 178 valence electrons. The van der Waals surface area contributed by atoms with Crippen molar-refractivity contribution in [3.8, 4) is 5.88 Å². The Morgan fingerprint density at radius 2 is 1.94 bits per heavy atom. The summed E-state index contributed by atoms with van der Waals surface area (Å²) in [6.07, 6.45) is 2.69. The fourth-order valence-corrected chi connectivity index (χ4v) is 4.84. The number of nitrogens with zero attached hydrogens (tertiary/aromatic N) is 6. The van der Waals surface area contributed by atoms with Crippen molar-refractivity contribution in [2.75, 3.05) is 24.7 Å². The summed E-state index contributed by atoms with van der Waals surface area (Å²) in [5.41, 5.74) is 1.39. The third-order valence-electron chi connectivity index (χ3n) is 5.73. The molecule has 13 heteroatoms. The Labute approximate surface area is 194 Å². The number of anilines is 1. The van der Waals surface area contributed by atoms with Crippen molar-refractivity contribution in [2.45, 2.75) is 31.9 Å². The number of fused-ring (bicyclic) bond motifs is 2. The second-order valence-corrected chi connectivity index (χ2v) is 10.2. The quantitative estimate of drug-likeness (QED) is 0.393. The van der Waals surface area contributed by atoms with E-state index < -0.39 is 22.1 Å². The van der Waals surface area contributed by atoms with Crippen LogP contribution < -0.4 is 10.1 Å². The van der Waals surface area contributed by atoms with Crippen LogP contribution in [-0.2, 0) is 10.0 Å². The fraction of sp³-hybridized carbons (Fsp3) is 0.381. The van der Waals surface area contributed by atoms with Crippen molar-refractivity contribution in [3.05, 3.63) is 42.5 Å². The van der Waals surface area contributed by atoms with Gasteiger partial charge >= 0.3 is 6.08 Å². The molecule has 1 saturated heterocycles. The summed E-state index contributed by atoms with van der Waals surface area (Å²) in [5.74, 6) is 1.11. The molecular weight excluding hydrogens is 463 g/mol. The molecule has 1 aliphatic heterocycles. The summed E-state index contributed by atoms with van der Waals surface area (Å²) in [5, 5.41) is 3.89. The largest absolute Gasteiger partial charge is 0.474 e. The lowest BCUT2D eigenvalue weighted by molar-refractivity contribution is 0.131. The number of H-pyrrole nitrogens is 1. The zero-order valence-corrected chi connectivity index (χ0v) is 19.4. The van der Waals surface area contributed by atoms with Crippen LogP contribution in [0.2, 0.25) is 0 Å². The molecule has 0 bridgehead atoms. The predicted octanol–water partition coefficient (Wildman–Crippen LogP) is 2.41. The van der Waals surface area contributed by atoms with Crippen LogP contribution in [0.3, 0.4) is 0 Å². The number of nitrogens with one attached hydrogen (secondary N) is 2. The average molecular weight is 487 g/mol. The number of sulfonamides is 1. The maximum atomic E-state index is 13.9. The number of piperidine rings is 1. The van der Waals surface area contributed by atoms with Crippen LogP contribution in [0.5, 0.6) is 5.88 Å². The highest BCUT2D eigenvalue weighted by Gasteiger charge is 2.27. The van der Waals surface area contributed by atoms with E-state index in [4.69, 9.17) is 4.74 Å². The van der Waals surface area contributed by atoms with Crippen LogP contribution in [0, 0.1) is 6.08 Å². The number of aromatic nitrogens is 6. The van der Waals surface area contributed by atoms with Gasteiger partial charge in [-0.2, -0.15) is 19.3 Å². The first-order valence-electron chi connectivity index (χ1n) is 10.8. The molecule has 11 nitrogen and oxygen atoms in total. The first-order valence-corrected chi connectivity index (χ1v) is 12.6. The van der Waals surface area contributed by atoms with Gasteiger partial charge in [-0.1, -0.05) is 12.1 Å². The van der Waals surface area contributed by atoms with Gasteiger partial charge in [0.1, 0.15) is 11.6 Å². The fourth-order valence-electron chi connectivity index (χ4n) is 3.97. The second-order valence-electron chi connectivity index (χ2n) is 8.19. The van der Waals surface area contributed by atoms with Crippen molar-refractivity contribution in [2.24, 2.45) is 0 Å². The number of imidazole rings is 1. The Morgan fingerprint density at radius 1 is 1.18 bits per heavy atom. The number of ether oxygens (including phenoxy) is 1.